The highest BCUT2D eigenvalue weighted by Gasteiger charge is 2.24. The van der Waals surface area contributed by atoms with Gasteiger partial charge in [0, 0.05) is 6.42 Å². The second-order valence-electron chi connectivity index (χ2n) is 16.9. The zero-order valence-corrected chi connectivity index (χ0v) is 38.0. The fourth-order valence-corrected chi connectivity index (χ4v) is 7.42. The number of hydrogen-bond donors (Lipinski definition) is 3. The molecule has 3 N–H and O–H groups in total. The van der Waals surface area contributed by atoms with E-state index in [1.807, 2.05) is 0 Å². The molecule has 3 atom stereocenters. The summed E-state index contributed by atoms with van der Waals surface area (Å²) in [5, 5.41) is 23.7. The number of ether oxygens (including phenoxy) is 1. The van der Waals surface area contributed by atoms with E-state index in [0.717, 1.165) is 64.2 Å². The van der Waals surface area contributed by atoms with Crippen LogP contribution >= 0.6 is 0 Å². The monoisotopic (exact) mass is 802 g/mol. The Morgan fingerprint density at radius 3 is 1.42 bits per heavy atom. The lowest BCUT2D eigenvalue weighted by Gasteiger charge is -2.24. The number of allylic oxidation sites excluding steroid dienone is 6. The maximum atomic E-state index is 13.1. The molecule has 0 aliphatic heterocycles. The molecule has 6 nitrogen and oxygen atoms in total. The molecule has 1 amide bonds. The van der Waals surface area contributed by atoms with Crippen molar-refractivity contribution in [2.24, 2.45) is 0 Å². The van der Waals surface area contributed by atoms with Crippen LogP contribution in [0.5, 0.6) is 0 Å². The number of hydrogen-bond acceptors (Lipinski definition) is 5. The minimum absolute atomic E-state index is 0.0537. The molecule has 0 aliphatic carbocycles. The Morgan fingerprint density at radius 2 is 0.912 bits per heavy atom. The van der Waals surface area contributed by atoms with Gasteiger partial charge in [-0.3, -0.25) is 9.59 Å². The number of carbonyl (C=O) groups is 2. The van der Waals surface area contributed by atoms with Crippen LogP contribution in [0.15, 0.2) is 36.5 Å². The number of carbonyl (C=O) groups excluding carboxylic acids is 2. The van der Waals surface area contributed by atoms with Gasteiger partial charge in [-0.15, -0.1) is 0 Å². The Morgan fingerprint density at radius 1 is 0.509 bits per heavy atom. The highest BCUT2D eigenvalue weighted by Crippen LogP contribution is 2.17. The van der Waals surface area contributed by atoms with Crippen LogP contribution in [0.25, 0.3) is 0 Å². The predicted molar refractivity (Wildman–Crippen MR) is 246 cm³/mol. The van der Waals surface area contributed by atoms with Crippen LogP contribution in [0.3, 0.4) is 0 Å². The summed E-state index contributed by atoms with van der Waals surface area (Å²) in [4.78, 5) is 26.0. The van der Waals surface area contributed by atoms with Crippen molar-refractivity contribution in [3.63, 3.8) is 0 Å². The van der Waals surface area contributed by atoms with Crippen LogP contribution in [-0.4, -0.2) is 46.9 Å². The molecule has 0 aromatic rings. The first-order valence-corrected chi connectivity index (χ1v) is 24.7. The van der Waals surface area contributed by atoms with Gasteiger partial charge in [0.05, 0.1) is 25.2 Å². The number of unbranched alkanes of at least 4 members (excludes halogenated alkanes) is 27. The zero-order chi connectivity index (χ0) is 41.7. The van der Waals surface area contributed by atoms with E-state index >= 15 is 0 Å². The number of nitrogens with one attached hydrogen (secondary N) is 1. The summed E-state index contributed by atoms with van der Waals surface area (Å²) < 4.78 is 5.89. The first-order valence-electron chi connectivity index (χ1n) is 24.7. The fourth-order valence-electron chi connectivity index (χ4n) is 7.42. The Bertz CT molecular complexity index is 946. The summed E-state index contributed by atoms with van der Waals surface area (Å²) in [6.45, 7) is 6.43. The molecule has 0 aromatic heterocycles. The minimum atomic E-state index is -0.793. The van der Waals surface area contributed by atoms with Crippen molar-refractivity contribution in [1.82, 2.24) is 5.32 Å². The predicted octanol–water partition coefficient (Wildman–Crippen LogP) is 14.5. The standard InChI is InChI=1S/C51H95NO5/c1-4-7-10-13-16-19-22-24-25-26-29-32-35-38-41-44-51(56)57-47(42-39-36-33-30-27-21-18-15-12-9-6-3)45-50(55)52-48(46-53)49(54)43-40-37-34-31-28-23-20-17-14-11-8-5-2/h16,19,22,24,30,33,47-49,53-54H,4-15,17-18,20-21,23,25-29,31-32,34-46H2,1-3H3,(H,52,55)/b19-16+,24-22+,33-30-. The molecule has 0 saturated heterocycles. The number of aliphatic hydroxyl groups excluding tert-OH is 2. The van der Waals surface area contributed by atoms with Crippen molar-refractivity contribution in [3.05, 3.63) is 36.5 Å². The van der Waals surface area contributed by atoms with Crippen molar-refractivity contribution in [1.29, 1.82) is 0 Å². The quantitative estimate of drug-likeness (QED) is 0.0247. The van der Waals surface area contributed by atoms with Crippen LogP contribution in [0, 0.1) is 0 Å². The molecule has 0 saturated carbocycles. The molecule has 0 aliphatic rings. The lowest BCUT2D eigenvalue weighted by atomic mass is 10.0. The molecule has 334 valence electrons. The molecule has 3 unspecified atom stereocenters. The van der Waals surface area contributed by atoms with Gasteiger partial charge in [-0.2, -0.15) is 0 Å². The van der Waals surface area contributed by atoms with Crippen LogP contribution < -0.4 is 5.32 Å². The summed E-state index contributed by atoms with van der Waals surface area (Å²) in [6, 6.07) is -0.709. The van der Waals surface area contributed by atoms with Gasteiger partial charge in [0.2, 0.25) is 5.91 Å². The van der Waals surface area contributed by atoms with E-state index in [1.165, 1.54) is 141 Å². The molecule has 6 heteroatoms. The summed E-state index contributed by atoms with van der Waals surface area (Å²) in [6.07, 6.45) is 52.0. The molecule has 0 heterocycles. The molecular formula is C51H95NO5. The van der Waals surface area contributed by atoms with E-state index in [0.29, 0.717) is 19.3 Å². The first kappa shape index (κ1) is 55.1. The Labute approximate surface area is 353 Å². The zero-order valence-electron chi connectivity index (χ0n) is 38.0. The maximum Gasteiger partial charge on any atom is 0.306 e. The topological polar surface area (TPSA) is 95.9 Å². The number of aliphatic hydroxyl groups is 2. The van der Waals surface area contributed by atoms with Gasteiger partial charge in [0.1, 0.15) is 6.10 Å². The number of rotatable bonds is 44. The van der Waals surface area contributed by atoms with Crippen molar-refractivity contribution >= 4 is 11.9 Å². The van der Waals surface area contributed by atoms with Crippen LogP contribution in [0.4, 0.5) is 0 Å². The largest absolute Gasteiger partial charge is 0.462 e. The molecule has 0 spiro atoms. The maximum absolute atomic E-state index is 13.1. The van der Waals surface area contributed by atoms with E-state index in [1.54, 1.807) is 0 Å². The highest BCUT2D eigenvalue weighted by molar-refractivity contribution is 5.77. The van der Waals surface area contributed by atoms with Crippen molar-refractivity contribution in [2.75, 3.05) is 6.61 Å². The van der Waals surface area contributed by atoms with Crippen LogP contribution in [0.2, 0.25) is 0 Å². The lowest BCUT2D eigenvalue weighted by Crippen LogP contribution is -2.46. The van der Waals surface area contributed by atoms with Gasteiger partial charge in [-0.25, -0.2) is 0 Å². The number of esters is 1. The van der Waals surface area contributed by atoms with Gasteiger partial charge < -0.3 is 20.3 Å². The van der Waals surface area contributed by atoms with Crippen molar-refractivity contribution < 1.29 is 24.5 Å². The minimum Gasteiger partial charge on any atom is -0.462 e. The highest BCUT2D eigenvalue weighted by atomic mass is 16.5. The van der Waals surface area contributed by atoms with E-state index in [-0.39, 0.29) is 24.9 Å². The molecule has 0 aromatic carbocycles. The van der Waals surface area contributed by atoms with E-state index in [2.05, 4.69) is 62.5 Å². The second kappa shape index (κ2) is 45.2. The van der Waals surface area contributed by atoms with Gasteiger partial charge >= 0.3 is 5.97 Å². The average molecular weight is 802 g/mol. The summed E-state index contributed by atoms with van der Waals surface area (Å²) >= 11 is 0. The van der Waals surface area contributed by atoms with Gasteiger partial charge in [0.25, 0.3) is 0 Å². The normalized spacial score (nSPS) is 13.6. The lowest BCUT2D eigenvalue weighted by molar-refractivity contribution is -0.151. The third kappa shape index (κ3) is 40.6. The second-order valence-corrected chi connectivity index (χ2v) is 16.9. The molecular weight excluding hydrogens is 707 g/mol. The van der Waals surface area contributed by atoms with Crippen molar-refractivity contribution in [2.45, 2.75) is 270 Å². The SMILES string of the molecule is CCCCC/C=C/C=C/CCCCCCCCC(=O)OC(CCC/C=C\CCCCCCCC)CC(=O)NC(CO)C(O)CCCCCCCCCCCCCC. The first-order chi connectivity index (χ1) is 28.0. The summed E-state index contributed by atoms with van der Waals surface area (Å²) in [5.74, 6) is -0.512. The Kier molecular flexibility index (Phi) is 43.6. The molecule has 57 heavy (non-hydrogen) atoms. The summed E-state index contributed by atoms with van der Waals surface area (Å²) in [5.41, 5.74) is 0. The van der Waals surface area contributed by atoms with E-state index in [4.69, 9.17) is 4.74 Å². The number of amides is 1. The molecule has 0 rings (SSSR count). The van der Waals surface area contributed by atoms with E-state index in [9.17, 15) is 19.8 Å². The van der Waals surface area contributed by atoms with Gasteiger partial charge in [-0.1, -0.05) is 205 Å². The molecule has 0 radical (unpaired) electrons. The third-order valence-corrected chi connectivity index (χ3v) is 11.2. The average Bonchev–Trinajstić information content (AvgIpc) is 3.20. The smallest absolute Gasteiger partial charge is 0.306 e. The van der Waals surface area contributed by atoms with Crippen LogP contribution in [-0.2, 0) is 14.3 Å². The fraction of sp³-hybridized carbons (Fsp3) is 0.843. The van der Waals surface area contributed by atoms with Gasteiger partial charge in [0.15, 0.2) is 0 Å². The summed E-state index contributed by atoms with van der Waals surface area (Å²) in [7, 11) is 0. The van der Waals surface area contributed by atoms with E-state index < -0.39 is 18.2 Å². The van der Waals surface area contributed by atoms with Crippen LogP contribution in [0.1, 0.15) is 252 Å². The van der Waals surface area contributed by atoms with Crippen molar-refractivity contribution in [3.8, 4) is 0 Å². The third-order valence-electron chi connectivity index (χ3n) is 11.2. The Balaban J connectivity index is 4.59. The van der Waals surface area contributed by atoms with Gasteiger partial charge in [-0.05, 0) is 70.6 Å². The molecule has 0 fully saturated rings. The molecule has 0 bridgehead atoms. The Hall–Kier alpha value is -1.92.